The lowest BCUT2D eigenvalue weighted by atomic mass is 10.00. The fourth-order valence-electron chi connectivity index (χ4n) is 3.35. The van der Waals surface area contributed by atoms with E-state index in [0.29, 0.717) is 24.0 Å². The maximum Gasteiger partial charge on any atom is 0.333 e. The molecule has 0 saturated carbocycles. The van der Waals surface area contributed by atoms with Gasteiger partial charge in [0.1, 0.15) is 18.3 Å². The second-order valence-electron chi connectivity index (χ2n) is 6.60. The predicted octanol–water partition coefficient (Wildman–Crippen LogP) is 1.58. The number of nitrogens with zero attached hydrogens (tertiary/aromatic N) is 1. The Labute approximate surface area is 143 Å². The summed E-state index contributed by atoms with van der Waals surface area (Å²) in [5.41, 5.74) is 1.08. The molecule has 1 N–H and O–H groups in total. The van der Waals surface area contributed by atoms with E-state index in [4.69, 9.17) is 9.47 Å². The van der Waals surface area contributed by atoms with Gasteiger partial charge in [0.25, 0.3) is 0 Å². The monoisotopic (exact) mass is 337 g/mol. The van der Waals surface area contributed by atoms with Gasteiger partial charge in [-0.25, -0.2) is 9.59 Å². The fourth-order valence-corrected chi connectivity index (χ4v) is 3.35. The van der Waals surface area contributed by atoms with Crippen molar-refractivity contribution < 1.29 is 24.2 Å². The van der Waals surface area contributed by atoms with Crippen LogP contribution in [0.4, 0.5) is 0 Å². The molecule has 0 aromatic carbocycles. The number of ether oxygens (including phenoxy) is 2. The van der Waals surface area contributed by atoms with Gasteiger partial charge in [-0.2, -0.15) is 0 Å². The molecule has 6 heteroatoms. The van der Waals surface area contributed by atoms with Crippen LogP contribution in [0.1, 0.15) is 40.5 Å². The fraction of sp³-hybridized carbons (Fsp3) is 0.667. The average Bonchev–Trinajstić information content (AvgIpc) is 2.70. The van der Waals surface area contributed by atoms with Gasteiger partial charge < -0.3 is 14.6 Å². The molecule has 0 aromatic heterocycles. The van der Waals surface area contributed by atoms with E-state index in [1.807, 2.05) is 11.9 Å². The third-order valence-corrected chi connectivity index (χ3v) is 5.19. The minimum atomic E-state index is -0.778. The Bertz CT molecular complexity index is 568. The van der Waals surface area contributed by atoms with Crippen LogP contribution in [-0.2, 0) is 19.1 Å². The third-order valence-electron chi connectivity index (χ3n) is 5.19. The lowest BCUT2D eigenvalue weighted by Gasteiger charge is -2.36. The first-order chi connectivity index (χ1) is 11.3. The number of aliphatic hydroxyl groups is 1. The van der Waals surface area contributed by atoms with Crippen molar-refractivity contribution in [3.63, 3.8) is 0 Å². The standard InChI is InChI=1S/C18H27NO5/c1-6-10(3)17(21)23-12-8-13-15(20)16(14(9-12)19(13)5)24-18(22)11(4)7-2/h6-7,12-16,20H,8-9H2,1-5H3/t12-,13-,14+,15-,16+/m1/s1. The quantitative estimate of drug-likeness (QED) is 0.620. The van der Waals surface area contributed by atoms with Gasteiger partial charge in [0.2, 0.25) is 0 Å². The molecule has 0 aliphatic carbocycles. The van der Waals surface area contributed by atoms with Crippen LogP contribution >= 0.6 is 0 Å². The molecule has 24 heavy (non-hydrogen) atoms. The van der Waals surface area contributed by atoms with Crippen LogP contribution in [0.3, 0.4) is 0 Å². The van der Waals surface area contributed by atoms with Crippen molar-refractivity contribution in [2.45, 2.75) is 70.9 Å². The number of piperidine rings is 1. The zero-order valence-corrected chi connectivity index (χ0v) is 15.0. The number of aliphatic hydroxyl groups excluding tert-OH is 1. The highest BCUT2D eigenvalue weighted by Gasteiger charge is 2.53. The molecular weight excluding hydrogens is 310 g/mol. The van der Waals surface area contributed by atoms with Crippen LogP contribution < -0.4 is 0 Å². The maximum absolute atomic E-state index is 12.0. The van der Waals surface area contributed by atoms with Crippen molar-refractivity contribution in [1.29, 1.82) is 0 Å². The highest BCUT2D eigenvalue weighted by Crippen LogP contribution is 2.38. The Morgan fingerprint density at radius 2 is 1.50 bits per heavy atom. The van der Waals surface area contributed by atoms with Crippen LogP contribution in [0, 0.1) is 0 Å². The largest absolute Gasteiger partial charge is 0.459 e. The number of rotatable bonds is 4. The summed E-state index contributed by atoms with van der Waals surface area (Å²) in [5, 5.41) is 10.5. The Morgan fingerprint density at radius 3 is 2.04 bits per heavy atom. The van der Waals surface area contributed by atoms with Gasteiger partial charge >= 0.3 is 11.9 Å². The molecule has 0 spiro atoms. The molecule has 134 valence electrons. The van der Waals surface area contributed by atoms with E-state index in [0.717, 1.165) is 0 Å². The molecule has 2 aliphatic heterocycles. The van der Waals surface area contributed by atoms with Gasteiger partial charge in [0.15, 0.2) is 0 Å². The lowest BCUT2D eigenvalue weighted by molar-refractivity contribution is -0.152. The van der Waals surface area contributed by atoms with Crippen molar-refractivity contribution in [2.75, 3.05) is 7.05 Å². The summed E-state index contributed by atoms with van der Waals surface area (Å²) in [6.07, 6.45) is 2.82. The number of hydrogen-bond donors (Lipinski definition) is 1. The van der Waals surface area contributed by atoms with E-state index in [1.165, 1.54) is 0 Å². The first-order valence-corrected chi connectivity index (χ1v) is 8.37. The van der Waals surface area contributed by atoms with E-state index in [-0.39, 0.29) is 24.2 Å². The summed E-state index contributed by atoms with van der Waals surface area (Å²) in [6, 6.07) is -0.341. The molecule has 2 heterocycles. The van der Waals surface area contributed by atoms with Crippen molar-refractivity contribution in [1.82, 2.24) is 4.90 Å². The van der Waals surface area contributed by atoms with Crippen molar-refractivity contribution in [3.05, 3.63) is 23.3 Å². The van der Waals surface area contributed by atoms with Crippen LogP contribution in [0.25, 0.3) is 0 Å². The first kappa shape index (κ1) is 18.7. The third kappa shape index (κ3) is 3.54. The zero-order chi connectivity index (χ0) is 18.0. The summed E-state index contributed by atoms with van der Waals surface area (Å²) in [7, 11) is 1.91. The molecule has 2 aliphatic rings. The van der Waals surface area contributed by atoms with E-state index in [9.17, 15) is 14.7 Å². The van der Waals surface area contributed by atoms with Crippen LogP contribution in [0.2, 0.25) is 0 Å². The number of likely N-dealkylation sites (N-methyl/N-ethyl adjacent to an activating group) is 1. The van der Waals surface area contributed by atoms with Crippen molar-refractivity contribution in [3.8, 4) is 0 Å². The minimum Gasteiger partial charge on any atom is -0.459 e. The summed E-state index contributed by atoms with van der Waals surface area (Å²) >= 11 is 0. The molecule has 0 unspecified atom stereocenters. The van der Waals surface area contributed by atoms with E-state index < -0.39 is 18.2 Å². The number of esters is 2. The molecule has 2 bridgehead atoms. The Morgan fingerprint density at radius 1 is 1.00 bits per heavy atom. The summed E-state index contributed by atoms with van der Waals surface area (Å²) in [4.78, 5) is 26.0. The van der Waals surface area contributed by atoms with Crippen molar-refractivity contribution in [2.24, 2.45) is 0 Å². The number of allylic oxidation sites excluding steroid dienone is 2. The van der Waals surface area contributed by atoms with Gasteiger partial charge in [-0.1, -0.05) is 12.2 Å². The smallest absolute Gasteiger partial charge is 0.333 e. The normalized spacial score (nSPS) is 34.2. The van der Waals surface area contributed by atoms with E-state index >= 15 is 0 Å². The number of fused-ring (bicyclic) bond motifs is 2. The molecule has 2 rings (SSSR count). The highest BCUT2D eigenvalue weighted by molar-refractivity contribution is 5.88. The van der Waals surface area contributed by atoms with Crippen LogP contribution in [-0.4, -0.2) is 59.4 Å². The van der Waals surface area contributed by atoms with Gasteiger partial charge in [0.05, 0.1) is 6.04 Å². The maximum atomic E-state index is 12.0. The van der Waals surface area contributed by atoms with Gasteiger partial charge in [0, 0.05) is 30.0 Å². The molecule has 0 aromatic rings. The van der Waals surface area contributed by atoms with Crippen LogP contribution in [0.5, 0.6) is 0 Å². The molecule has 2 saturated heterocycles. The second-order valence-corrected chi connectivity index (χ2v) is 6.60. The molecule has 6 nitrogen and oxygen atoms in total. The molecule has 0 radical (unpaired) electrons. The number of carbonyl (C=O) groups excluding carboxylic acids is 2. The van der Waals surface area contributed by atoms with Gasteiger partial charge in [-0.15, -0.1) is 0 Å². The highest BCUT2D eigenvalue weighted by atomic mass is 16.6. The topological polar surface area (TPSA) is 76.1 Å². The predicted molar refractivity (Wildman–Crippen MR) is 89.2 cm³/mol. The van der Waals surface area contributed by atoms with Gasteiger partial charge in [-0.05, 0) is 34.7 Å². The Balaban J connectivity index is 2.09. The molecule has 0 amide bonds. The molecule has 2 fully saturated rings. The summed E-state index contributed by atoms with van der Waals surface area (Å²) in [6.45, 7) is 6.96. The lowest BCUT2D eigenvalue weighted by Crippen LogP contribution is -2.46. The first-order valence-electron chi connectivity index (χ1n) is 8.37. The molecular formula is C18H27NO5. The second kappa shape index (κ2) is 7.49. The SMILES string of the molecule is CC=C(C)C(=O)O[C@@H]1C[C@@H]2[C@@H](O)[C@@H](OC(=O)C(C)=CC)[C@H](C1)N2C. The number of hydrogen-bond acceptors (Lipinski definition) is 6. The zero-order valence-electron chi connectivity index (χ0n) is 15.0. The van der Waals surface area contributed by atoms with Gasteiger partial charge in [-0.3, -0.25) is 4.90 Å². The molecule has 5 atom stereocenters. The Kier molecular flexibility index (Phi) is 5.83. The summed E-state index contributed by atoms with van der Waals surface area (Å²) < 4.78 is 11.1. The Hall–Kier alpha value is -1.66. The number of carbonyl (C=O) groups is 2. The minimum absolute atomic E-state index is 0.156. The van der Waals surface area contributed by atoms with E-state index in [2.05, 4.69) is 0 Å². The average molecular weight is 337 g/mol. The summed E-state index contributed by atoms with van der Waals surface area (Å²) in [5.74, 6) is -0.750. The van der Waals surface area contributed by atoms with Crippen LogP contribution in [0.15, 0.2) is 23.3 Å². The van der Waals surface area contributed by atoms with E-state index in [1.54, 1.807) is 39.8 Å². The van der Waals surface area contributed by atoms with Crippen molar-refractivity contribution >= 4 is 11.9 Å².